The summed E-state index contributed by atoms with van der Waals surface area (Å²) in [5.41, 5.74) is -2.23. The Kier molecular flexibility index (Phi) is 10.1. The lowest BCUT2D eigenvalue weighted by Gasteiger charge is -2.36. The Hall–Kier alpha value is -4.08. The lowest BCUT2D eigenvalue weighted by molar-refractivity contribution is -0.179. The fourth-order valence-electron chi connectivity index (χ4n) is 3.62. The Labute approximate surface area is 254 Å². The van der Waals surface area contributed by atoms with Gasteiger partial charge in [0.15, 0.2) is 5.71 Å². The van der Waals surface area contributed by atoms with Crippen molar-refractivity contribution in [3.63, 3.8) is 0 Å². The number of aromatic nitrogens is 4. The van der Waals surface area contributed by atoms with Crippen molar-refractivity contribution in [1.82, 2.24) is 35.9 Å². The molecule has 16 heteroatoms. The molecular formula is C27H40N8O7S. The van der Waals surface area contributed by atoms with Crippen LogP contribution in [0.2, 0.25) is 0 Å². The fraction of sp³-hybridized carbons (Fsp3) is 0.630. The molecule has 0 aromatic carbocycles. The second-order valence-electron chi connectivity index (χ2n) is 12.5. The van der Waals surface area contributed by atoms with Gasteiger partial charge in [0.25, 0.3) is 5.91 Å². The summed E-state index contributed by atoms with van der Waals surface area (Å²) in [6.07, 6.45) is 1.45. The van der Waals surface area contributed by atoms with Crippen LogP contribution in [0, 0.1) is 6.92 Å². The molecule has 0 aliphatic carbocycles. The molecule has 1 aliphatic rings. The Balaban J connectivity index is 1.63. The number of carbonyl (C=O) groups excluding carboxylic acids is 4. The first kappa shape index (κ1) is 33.4. The molecule has 1 saturated heterocycles. The van der Waals surface area contributed by atoms with Gasteiger partial charge in [0, 0.05) is 24.5 Å². The summed E-state index contributed by atoms with van der Waals surface area (Å²) in [4.78, 5) is 60.0. The van der Waals surface area contributed by atoms with Crippen LogP contribution >= 0.6 is 11.3 Å². The average molecular weight is 621 g/mol. The summed E-state index contributed by atoms with van der Waals surface area (Å²) in [5.74, 6) is -1.74. The highest BCUT2D eigenvalue weighted by molar-refractivity contribution is 7.09. The van der Waals surface area contributed by atoms with Gasteiger partial charge in [0.2, 0.25) is 11.5 Å². The van der Waals surface area contributed by atoms with Crippen LogP contribution < -0.4 is 16.0 Å². The number of thiazole rings is 1. The topological polar surface area (TPSA) is 188 Å². The minimum atomic E-state index is -1.51. The van der Waals surface area contributed by atoms with Gasteiger partial charge in [-0.15, -0.1) is 16.4 Å². The molecule has 0 bridgehead atoms. The van der Waals surface area contributed by atoms with E-state index in [1.54, 1.807) is 64.7 Å². The zero-order valence-electron chi connectivity index (χ0n) is 25.9. The summed E-state index contributed by atoms with van der Waals surface area (Å²) < 4.78 is 12.2. The summed E-state index contributed by atoms with van der Waals surface area (Å²) >= 11 is 1.30. The quantitative estimate of drug-likeness (QED) is 0.144. The molecule has 0 spiro atoms. The van der Waals surface area contributed by atoms with E-state index in [2.05, 4.69) is 36.4 Å². The highest BCUT2D eigenvalue weighted by Gasteiger charge is 2.42. The number of nitrogens with zero attached hydrogens (tertiary/aromatic N) is 5. The number of amides is 3. The standard InChI is InChI=1S/C27H40N8O7S/c1-15-29-18(14-43-15)20(33-42-27(8,9)23(38)40-25(2,3)4)22(37)31-19-17(30-21(19)36)12-16-13-35(34-32-16)11-10-28-24(39)41-26(5,6)7/h13-14,17,19H,10-12H2,1-9H3,(H,28,39)(H,30,36)(H,31,37)/b33-20-/t17-,19+/m1/s1. The number of ether oxygens (including phenoxy) is 2. The van der Waals surface area contributed by atoms with E-state index in [1.807, 2.05) is 0 Å². The van der Waals surface area contributed by atoms with Crippen molar-refractivity contribution in [1.29, 1.82) is 0 Å². The molecule has 3 heterocycles. The summed E-state index contributed by atoms with van der Waals surface area (Å²) in [6.45, 7) is 15.9. The van der Waals surface area contributed by atoms with Crippen LogP contribution in [0.15, 0.2) is 16.7 Å². The largest absolute Gasteiger partial charge is 0.457 e. The van der Waals surface area contributed by atoms with E-state index < -0.39 is 46.9 Å². The smallest absolute Gasteiger partial charge is 0.407 e. The lowest BCUT2D eigenvalue weighted by Crippen LogP contribution is -2.70. The van der Waals surface area contributed by atoms with Crippen LogP contribution in [0.4, 0.5) is 4.79 Å². The second-order valence-corrected chi connectivity index (χ2v) is 13.5. The van der Waals surface area contributed by atoms with Crippen LogP contribution in [0.25, 0.3) is 0 Å². The summed E-state index contributed by atoms with van der Waals surface area (Å²) in [6, 6.07) is -1.34. The van der Waals surface area contributed by atoms with Gasteiger partial charge in [-0.05, 0) is 62.3 Å². The molecule has 0 unspecified atom stereocenters. The van der Waals surface area contributed by atoms with Crippen molar-refractivity contribution >= 4 is 40.9 Å². The third kappa shape index (κ3) is 10.0. The van der Waals surface area contributed by atoms with E-state index in [9.17, 15) is 19.2 Å². The number of oxime groups is 1. The molecule has 1 aliphatic heterocycles. The van der Waals surface area contributed by atoms with Crippen molar-refractivity contribution in [2.75, 3.05) is 6.54 Å². The zero-order valence-corrected chi connectivity index (χ0v) is 26.7. The molecule has 2 aromatic heterocycles. The number of carbonyl (C=O) groups is 4. The monoisotopic (exact) mass is 620 g/mol. The third-order valence-electron chi connectivity index (χ3n) is 5.66. The molecular weight excluding hydrogens is 580 g/mol. The molecule has 0 saturated carbocycles. The van der Waals surface area contributed by atoms with Crippen molar-refractivity contribution in [2.45, 2.75) is 104 Å². The predicted octanol–water partition coefficient (Wildman–Crippen LogP) is 1.63. The first-order valence-electron chi connectivity index (χ1n) is 13.7. The number of aryl methyl sites for hydroxylation is 1. The van der Waals surface area contributed by atoms with Gasteiger partial charge in [-0.3, -0.25) is 14.3 Å². The van der Waals surface area contributed by atoms with Crippen molar-refractivity contribution in [3.05, 3.63) is 28.0 Å². The predicted molar refractivity (Wildman–Crippen MR) is 156 cm³/mol. The SMILES string of the molecule is Cc1nc(/C(=N/OC(C)(C)C(=O)OC(C)(C)C)C(=O)N[C@@H]2C(=O)N[C@@H]2Cc2cn(CCNC(=O)OC(C)(C)C)nn2)cs1. The van der Waals surface area contributed by atoms with Gasteiger partial charge in [-0.25, -0.2) is 14.6 Å². The number of β-lactam (4-membered cyclic amide) rings is 1. The first-order valence-corrected chi connectivity index (χ1v) is 14.6. The normalized spacial score (nSPS) is 17.4. The van der Waals surface area contributed by atoms with Gasteiger partial charge in [-0.2, -0.15) is 0 Å². The van der Waals surface area contributed by atoms with Crippen LogP contribution in [0.3, 0.4) is 0 Å². The fourth-order valence-corrected chi connectivity index (χ4v) is 4.21. The third-order valence-corrected chi connectivity index (χ3v) is 6.43. The average Bonchev–Trinajstić information content (AvgIpc) is 3.49. The lowest BCUT2D eigenvalue weighted by atomic mass is 9.94. The number of rotatable bonds is 11. The molecule has 3 N–H and O–H groups in total. The maximum Gasteiger partial charge on any atom is 0.407 e. The van der Waals surface area contributed by atoms with Gasteiger partial charge in [0.05, 0.1) is 23.3 Å². The molecule has 3 amide bonds. The Morgan fingerprint density at radius 3 is 2.35 bits per heavy atom. The Morgan fingerprint density at radius 2 is 1.77 bits per heavy atom. The van der Waals surface area contributed by atoms with E-state index in [-0.39, 0.29) is 23.9 Å². The first-order chi connectivity index (χ1) is 19.8. The van der Waals surface area contributed by atoms with Crippen molar-refractivity contribution in [3.8, 4) is 0 Å². The molecule has 43 heavy (non-hydrogen) atoms. The van der Waals surface area contributed by atoms with Gasteiger partial charge < -0.3 is 30.3 Å². The number of esters is 1. The van der Waals surface area contributed by atoms with E-state index in [0.717, 1.165) is 0 Å². The summed E-state index contributed by atoms with van der Waals surface area (Å²) in [5, 5.41) is 22.6. The molecule has 1 fully saturated rings. The minimum absolute atomic E-state index is 0.192. The molecule has 3 rings (SSSR count). The van der Waals surface area contributed by atoms with Gasteiger partial charge >= 0.3 is 12.1 Å². The minimum Gasteiger partial charge on any atom is -0.457 e. The number of alkyl carbamates (subject to hydrolysis) is 1. The Bertz CT molecular complexity index is 1370. The highest BCUT2D eigenvalue weighted by Crippen LogP contribution is 2.19. The molecule has 2 atom stereocenters. The van der Waals surface area contributed by atoms with E-state index in [0.29, 0.717) is 23.7 Å². The van der Waals surface area contributed by atoms with E-state index >= 15 is 0 Å². The molecule has 236 valence electrons. The number of nitrogens with one attached hydrogen (secondary N) is 3. The van der Waals surface area contributed by atoms with Crippen LogP contribution in [-0.2, 0) is 41.7 Å². The van der Waals surface area contributed by atoms with Crippen LogP contribution in [-0.4, -0.2) is 85.0 Å². The van der Waals surface area contributed by atoms with E-state index in [1.165, 1.54) is 25.2 Å². The highest BCUT2D eigenvalue weighted by atomic mass is 32.1. The molecule has 0 radical (unpaired) electrons. The van der Waals surface area contributed by atoms with Crippen LogP contribution in [0.5, 0.6) is 0 Å². The van der Waals surface area contributed by atoms with E-state index in [4.69, 9.17) is 14.3 Å². The number of hydrogen-bond donors (Lipinski definition) is 3. The maximum absolute atomic E-state index is 13.3. The van der Waals surface area contributed by atoms with Crippen molar-refractivity contribution < 1.29 is 33.5 Å². The molecule has 2 aromatic rings. The number of hydrogen-bond acceptors (Lipinski definition) is 12. The van der Waals surface area contributed by atoms with Gasteiger partial charge in [-0.1, -0.05) is 10.4 Å². The van der Waals surface area contributed by atoms with Gasteiger partial charge in [0.1, 0.15) is 22.9 Å². The molecule has 15 nitrogen and oxygen atoms in total. The summed E-state index contributed by atoms with van der Waals surface area (Å²) in [7, 11) is 0. The van der Waals surface area contributed by atoms with Crippen LogP contribution in [0.1, 0.15) is 71.8 Å². The van der Waals surface area contributed by atoms with Crippen molar-refractivity contribution in [2.24, 2.45) is 5.16 Å². The zero-order chi connectivity index (χ0) is 32.2. The Morgan fingerprint density at radius 1 is 1.09 bits per heavy atom. The maximum atomic E-state index is 13.3. The second kappa shape index (κ2) is 13.1.